The lowest BCUT2D eigenvalue weighted by Gasteiger charge is -2.22. The zero-order chi connectivity index (χ0) is 17.3. The van der Waals surface area contributed by atoms with Crippen molar-refractivity contribution in [2.75, 3.05) is 13.1 Å². The van der Waals surface area contributed by atoms with Crippen molar-refractivity contribution in [3.63, 3.8) is 0 Å². The van der Waals surface area contributed by atoms with E-state index >= 15 is 0 Å². The van der Waals surface area contributed by atoms with E-state index in [-0.39, 0.29) is 29.8 Å². The highest BCUT2D eigenvalue weighted by atomic mass is 19.1. The molecule has 1 aromatic carbocycles. The van der Waals surface area contributed by atoms with E-state index in [0.29, 0.717) is 18.8 Å². The summed E-state index contributed by atoms with van der Waals surface area (Å²) in [6.45, 7) is 4.11. The van der Waals surface area contributed by atoms with Gasteiger partial charge in [-0.1, -0.05) is 26.0 Å². The Kier molecular flexibility index (Phi) is 4.42. The number of aromatic nitrogens is 3. The Labute approximate surface area is 138 Å². The molecule has 1 aliphatic rings. The van der Waals surface area contributed by atoms with Crippen LogP contribution in [-0.2, 0) is 0 Å². The van der Waals surface area contributed by atoms with Gasteiger partial charge in [-0.15, -0.1) is 5.10 Å². The van der Waals surface area contributed by atoms with E-state index in [1.165, 1.54) is 21.7 Å². The Hall–Kier alpha value is -2.57. The van der Waals surface area contributed by atoms with Gasteiger partial charge in [-0.05, 0) is 24.6 Å². The molecule has 1 amide bonds. The number of hydrogen-bond donors (Lipinski definition) is 0. The van der Waals surface area contributed by atoms with Crippen LogP contribution in [0.4, 0.5) is 8.78 Å². The summed E-state index contributed by atoms with van der Waals surface area (Å²) < 4.78 is 28.9. The van der Waals surface area contributed by atoms with E-state index in [2.05, 4.69) is 10.1 Å². The first-order chi connectivity index (χ1) is 11.5. The highest BCUT2D eigenvalue weighted by molar-refractivity contribution is 5.90. The van der Waals surface area contributed by atoms with Gasteiger partial charge in [0.2, 0.25) is 5.82 Å². The molecule has 7 heteroatoms. The van der Waals surface area contributed by atoms with Crippen molar-refractivity contribution in [1.82, 2.24) is 19.7 Å². The van der Waals surface area contributed by atoms with Gasteiger partial charge in [-0.25, -0.2) is 18.4 Å². The van der Waals surface area contributed by atoms with Crippen molar-refractivity contribution in [1.29, 1.82) is 0 Å². The fourth-order valence-electron chi connectivity index (χ4n) is 2.61. The average Bonchev–Trinajstić information content (AvgIpc) is 3.00. The molecule has 0 saturated heterocycles. The predicted molar refractivity (Wildman–Crippen MR) is 85.1 cm³/mol. The fraction of sp³-hybridized carbons (Fsp3) is 0.353. The molecule has 0 aliphatic carbocycles. The van der Waals surface area contributed by atoms with Crippen molar-refractivity contribution >= 4 is 5.91 Å². The number of amides is 1. The van der Waals surface area contributed by atoms with Crippen molar-refractivity contribution in [3.8, 4) is 5.69 Å². The van der Waals surface area contributed by atoms with Gasteiger partial charge >= 0.3 is 0 Å². The number of nitrogens with zero attached hydrogens (tertiary/aromatic N) is 4. The van der Waals surface area contributed by atoms with Crippen molar-refractivity contribution in [2.24, 2.45) is 0 Å². The van der Waals surface area contributed by atoms with Crippen LogP contribution in [0.15, 0.2) is 36.2 Å². The maximum atomic E-state index is 14.1. The minimum absolute atomic E-state index is 0.0448. The average molecular weight is 332 g/mol. The van der Waals surface area contributed by atoms with Gasteiger partial charge < -0.3 is 4.90 Å². The molecule has 0 saturated carbocycles. The lowest BCUT2D eigenvalue weighted by Crippen LogP contribution is -2.35. The summed E-state index contributed by atoms with van der Waals surface area (Å²) in [4.78, 5) is 18.2. The van der Waals surface area contributed by atoms with E-state index in [0.717, 1.165) is 0 Å². The molecule has 0 atom stereocenters. The third-order valence-electron chi connectivity index (χ3n) is 3.81. The molecule has 0 fully saturated rings. The molecule has 1 aromatic heterocycles. The summed E-state index contributed by atoms with van der Waals surface area (Å²) in [6, 6.07) is 6.18. The Balaban J connectivity index is 1.99. The first kappa shape index (κ1) is 16.3. The Morgan fingerprint density at radius 3 is 2.67 bits per heavy atom. The summed E-state index contributed by atoms with van der Waals surface area (Å²) in [6.07, 6.45) is 1.93. The van der Waals surface area contributed by atoms with E-state index in [1.807, 2.05) is 13.8 Å². The topological polar surface area (TPSA) is 51.0 Å². The first-order valence-corrected chi connectivity index (χ1v) is 7.83. The molecule has 3 rings (SSSR count). The second-order valence-corrected chi connectivity index (χ2v) is 5.98. The Bertz CT molecular complexity index is 798. The van der Waals surface area contributed by atoms with Crippen LogP contribution in [0.25, 0.3) is 5.69 Å². The molecule has 0 N–H and O–H groups in total. The smallest absolute Gasteiger partial charge is 0.293 e. The Morgan fingerprint density at radius 1 is 1.25 bits per heavy atom. The molecule has 1 aliphatic heterocycles. The lowest BCUT2D eigenvalue weighted by molar-refractivity contribution is 0.0743. The van der Waals surface area contributed by atoms with Crippen molar-refractivity contribution in [2.45, 2.75) is 26.2 Å². The molecule has 24 heavy (non-hydrogen) atoms. The minimum Gasteiger partial charge on any atom is -0.329 e. The van der Waals surface area contributed by atoms with E-state index < -0.39 is 11.7 Å². The number of halogens is 2. The molecular formula is C17H18F2N4O. The van der Waals surface area contributed by atoms with Gasteiger partial charge in [-0.3, -0.25) is 4.79 Å². The van der Waals surface area contributed by atoms with Crippen LogP contribution in [0, 0.1) is 5.82 Å². The number of rotatable bonds is 3. The monoisotopic (exact) mass is 332 g/mol. The molecule has 0 radical (unpaired) electrons. The van der Waals surface area contributed by atoms with Crippen LogP contribution < -0.4 is 0 Å². The van der Waals surface area contributed by atoms with E-state index in [4.69, 9.17) is 0 Å². The van der Waals surface area contributed by atoms with Crippen LogP contribution in [0.3, 0.4) is 0 Å². The standard InChI is InChI=1S/C17H18F2N4O/c1-11(2)16-20-15(17(24)22-9-5-6-12(18)10-22)21-23(16)14-8-4-3-7-13(14)19/h3-4,6-8,11H,5,9-10H2,1-2H3. The zero-order valence-electron chi connectivity index (χ0n) is 13.5. The van der Waals surface area contributed by atoms with Crippen LogP contribution in [0.2, 0.25) is 0 Å². The summed E-state index contributed by atoms with van der Waals surface area (Å²) in [5.74, 6) is -0.859. The molecular weight excluding hydrogens is 314 g/mol. The number of para-hydroxylation sites is 1. The molecule has 2 heterocycles. The minimum atomic E-state index is -0.449. The third kappa shape index (κ3) is 3.06. The molecule has 5 nitrogen and oxygen atoms in total. The van der Waals surface area contributed by atoms with E-state index in [1.54, 1.807) is 18.2 Å². The summed E-state index contributed by atoms with van der Waals surface area (Å²) >= 11 is 0. The van der Waals surface area contributed by atoms with Gasteiger partial charge in [0.25, 0.3) is 5.91 Å². The third-order valence-corrected chi connectivity index (χ3v) is 3.81. The maximum absolute atomic E-state index is 14.1. The van der Waals surface area contributed by atoms with Gasteiger partial charge in [0.1, 0.15) is 23.2 Å². The van der Waals surface area contributed by atoms with E-state index in [9.17, 15) is 13.6 Å². The summed E-state index contributed by atoms with van der Waals surface area (Å²) in [7, 11) is 0. The van der Waals surface area contributed by atoms with Crippen LogP contribution in [0.5, 0.6) is 0 Å². The highest BCUT2D eigenvalue weighted by Gasteiger charge is 2.26. The SMILES string of the molecule is CC(C)c1nc(C(=O)N2CCC=C(F)C2)nn1-c1ccccc1F. The maximum Gasteiger partial charge on any atom is 0.293 e. The van der Waals surface area contributed by atoms with Gasteiger partial charge in [0, 0.05) is 12.5 Å². The van der Waals surface area contributed by atoms with Gasteiger partial charge in [0.05, 0.1) is 6.54 Å². The van der Waals surface area contributed by atoms with Crippen LogP contribution in [-0.4, -0.2) is 38.7 Å². The molecule has 0 bridgehead atoms. The normalized spacial score (nSPS) is 14.9. The second-order valence-electron chi connectivity index (χ2n) is 5.98. The quantitative estimate of drug-likeness (QED) is 0.867. The predicted octanol–water partition coefficient (Wildman–Crippen LogP) is 3.23. The van der Waals surface area contributed by atoms with Gasteiger partial charge in [0.15, 0.2) is 0 Å². The largest absolute Gasteiger partial charge is 0.329 e. The zero-order valence-corrected chi connectivity index (χ0v) is 13.5. The summed E-state index contributed by atoms with van der Waals surface area (Å²) in [5.41, 5.74) is 0.234. The van der Waals surface area contributed by atoms with Crippen LogP contribution >= 0.6 is 0 Å². The molecule has 0 spiro atoms. The van der Waals surface area contributed by atoms with Crippen molar-refractivity contribution in [3.05, 3.63) is 53.6 Å². The fourth-order valence-corrected chi connectivity index (χ4v) is 2.61. The molecule has 126 valence electrons. The number of carbonyl (C=O) groups excluding carboxylic acids is 1. The molecule has 0 unspecified atom stereocenters. The Morgan fingerprint density at radius 2 is 2.00 bits per heavy atom. The second kappa shape index (κ2) is 6.51. The lowest BCUT2D eigenvalue weighted by atomic mass is 10.2. The van der Waals surface area contributed by atoms with Gasteiger partial charge in [-0.2, -0.15) is 0 Å². The highest BCUT2D eigenvalue weighted by Crippen LogP contribution is 2.21. The molecule has 2 aromatic rings. The number of hydrogen-bond acceptors (Lipinski definition) is 3. The first-order valence-electron chi connectivity index (χ1n) is 7.83. The number of benzene rings is 1. The number of carbonyl (C=O) groups is 1. The van der Waals surface area contributed by atoms with Crippen molar-refractivity contribution < 1.29 is 13.6 Å². The summed E-state index contributed by atoms with van der Waals surface area (Å²) in [5, 5.41) is 4.20. The van der Waals surface area contributed by atoms with Crippen LogP contribution in [0.1, 0.15) is 42.6 Å².